The molecule has 0 bridgehead atoms. The van der Waals surface area contributed by atoms with Crippen molar-refractivity contribution in [2.45, 2.75) is 6.92 Å². The third-order valence-corrected chi connectivity index (χ3v) is 7.72. The fraction of sp³-hybridized carbons (Fsp3) is 0.0286. The summed E-state index contributed by atoms with van der Waals surface area (Å²) in [5.41, 5.74) is 8.05. The highest BCUT2D eigenvalue weighted by Gasteiger charge is 2.17. The van der Waals surface area contributed by atoms with Gasteiger partial charge in [0.15, 0.2) is 0 Å². The average molecular weight is 459 g/mol. The van der Waals surface area contributed by atoms with Crippen LogP contribution in [0.25, 0.3) is 76.5 Å². The van der Waals surface area contributed by atoms with Gasteiger partial charge in [-0.2, -0.15) is 0 Å². The smallest absolute Gasteiger partial charge is 0.143 e. The summed E-state index contributed by atoms with van der Waals surface area (Å²) in [4.78, 5) is 0. The lowest BCUT2D eigenvalue weighted by Crippen LogP contribution is -1.89. The lowest BCUT2D eigenvalue weighted by atomic mass is 9.87. The van der Waals surface area contributed by atoms with Gasteiger partial charge < -0.3 is 4.42 Å². The van der Waals surface area contributed by atoms with E-state index >= 15 is 0 Å². The molecule has 0 radical (unpaired) electrons. The Morgan fingerprint density at radius 2 is 1.08 bits per heavy atom. The van der Waals surface area contributed by atoms with E-state index in [9.17, 15) is 0 Å². The molecule has 168 valence electrons. The summed E-state index contributed by atoms with van der Waals surface area (Å²) in [5, 5.41) is 10.1. The van der Waals surface area contributed by atoms with E-state index in [-0.39, 0.29) is 0 Å². The van der Waals surface area contributed by atoms with Gasteiger partial charge in [0.05, 0.1) is 0 Å². The molecule has 1 aromatic heterocycles. The minimum atomic E-state index is 0.931. The molecule has 0 aliphatic carbocycles. The molecular formula is C35H22O. The summed E-state index contributed by atoms with van der Waals surface area (Å²) in [6, 6.07) is 41.8. The van der Waals surface area contributed by atoms with Gasteiger partial charge in [-0.1, -0.05) is 115 Å². The first-order valence-electron chi connectivity index (χ1n) is 12.4. The number of para-hydroxylation sites is 2. The van der Waals surface area contributed by atoms with Crippen LogP contribution >= 0.6 is 0 Å². The monoisotopic (exact) mass is 458 g/mol. The van der Waals surface area contributed by atoms with Crippen LogP contribution in [-0.2, 0) is 0 Å². The van der Waals surface area contributed by atoms with E-state index < -0.39 is 0 Å². The van der Waals surface area contributed by atoms with Crippen molar-refractivity contribution >= 4 is 54.3 Å². The maximum absolute atomic E-state index is 6.41. The highest BCUT2D eigenvalue weighted by molar-refractivity contribution is 6.28. The summed E-state index contributed by atoms with van der Waals surface area (Å²) in [6.45, 7) is 2.14. The van der Waals surface area contributed by atoms with E-state index in [1.165, 1.54) is 54.6 Å². The van der Waals surface area contributed by atoms with E-state index in [1.54, 1.807) is 0 Å². The van der Waals surface area contributed by atoms with Crippen molar-refractivity contribution in [1.82, 2.24) is 0 Å². The van der Waals surface area contributed by atoms with Crippen molar-refractivity contribution in [2.24, 2.45) is 0 Å². The molecule has 1 heterocycles. The van der Waals surface area contributed by atoms with Crippen LogP contribution in [0.4, 0.5) is 0 Å². The van der Waals surface area contributed by atoms with Crippen LogP contribution in [-0.4, -0.2) is 0 Å². The summed E-state index contributed by atoms with van der Waals surface area (Å²) in [5.74, 6) is 0. The summed E-state index contributed by atoms with van der Waals surface area (Å²) in [6.07, 6.45) is 0. The van der Waals surface area contributed by atoms with Gasteiger partial charge in [-0.15, -0.1) is 0 Å². The fourth-order valence-corrected chi connectivity index (χ4v) is 5.98. The molecule has 0 unspecified atom stereocenters. The quantitative estimate of drug-likeness (QED) is 0.235. The number of aryl methyl sites for hydroxylation is 1. The molecule has 0 spiro atoms. The van der Waals surface area contributed by atoms with Crippen molar-refractivity contribution < 1.29 is 4.42 Å². The molecule has 0 atom stereocenters. The van der Waals surface area contributed by atoms with E-state index in [0.717, 1.165) is 27.5 Å². The van der Waals surface area contributed by atoms with Gasteiger partial charge in [0.2, 0.25) is 0 Å². The standard InChI is InChI=1S/C35H22O/c1-21-9-11-22(12-10-21)25-17-13-23-16-20-29-26(18-14-24-15-19-28(25)33(23)34(24)29)30-6-4-7-31-27-5-2-3-8-32(27)36-35(30)31/h2-20H,1H3. The minimum absolute atomic E-state index is 0.931. The Hall–Kier alpha value is -4.62. The largest absolute Gasteiger partial charge is 0.455 e. The lowest BCUT2D eigenvalue weighted by molar-refractivity contribution is 0.670. The zero-order chi connectivity index (χ0) is 23.8. The van der Waals surface area contributed by atoms with Crippen LogP contribution in [0, 0.1) is 6.92 Å². The van der Waals surface area contributed by atoms with Crippen molar-refractivity contribution in [3.8, 4) is 22.3 Å². The van der Waals surface area contributed by atoms with Gasteiger partial charge in [-0.3, -0.25) is 0 Å². The molecule has 0 saturated carbocycles. The van der Waals surface area contributed by atoms with Gasteiger partial charge in [0.25, 0.3) is 0 Å². The molecule has 0 fully saturated rings. The fourth-order valence-electron chi connectivity index (χ4n) is 5.98. The van der Waals surface area contributed by atoms with E-state index in [1.807, 2.05) is 6.07 Å². The Labute approximate surface area is 208 Å². The van der Waals surface area contributed by atoms with Gasteiger partial charge in [0.1, 0.15) is 11.2 Å². The number of rotatable bonds is 2. The molecule has 0 saturated heterocycles. The Bertz CT molecular complexity index is 2090. The van der Waals surface area contributed by atoms with Crippen LogP contribution in [0.15, 0.2) is 120 Å². The summed E-state index contributed by atoms with van der Waals surface area (Å²) in [7, 11) is 0. The molecule has 1 nitrogen and oxygen atoms in total. The molecule has 36 heavy (non-hydrogen) atoms. The normalized spacial score (nSPS) is 12.0. The van der Waals surface area contributed by atoms with Gasteiger partial charge in [0, 0.05) is 16.3 Å². The lowest BCUT2D eigenvalue weighted by Gasteiger charge is -2.16. The molecule has 0 N–H and O–H groups in total. The first kappa shape index (κ1) is 19.7. The van der Waals surface area contributed by atoms with Gasteiger partial charge in [-0.05, 0) is 62.0 Å². The first-order chi connectivity index (χ1) is 17.8. The number of hydrogen-bond acceptors (Lipinski definition) is 1. The number of benzene rings is 7. The minimum Gasteiger partial charge on any atom is -0.455 e. The van der Waals surface area contributed by atoms with Crippen LogP contribution in [0.1, 0.15) is 5.56 Å². The summed E-state index contributed by atoms with van der Waals surface area (Å²) < 4.78 is 6.41. The highest BCUT2D eigenvalue weighted by Crippen LogP contribution is 2.44. The zero-order valence-electron chi connectivity index (χ0n) is 19.9. The molecule has 0 aliphatic heterocycles. The van der Waals surface area contributed by atoms with E-state index in [4.69, 9.17) is 4.42 Å². The van der Waals surface area contributed by atoms with Crippen molar-refractivity contribution in [3.63, 3.8) is 0 Å². The number of furan rings is 1. The SMILES string of the molecule is Cc1ccc(-c2ccc3ccc4c(-c5cccc6c5oc5ccccc56)ccc5ccc2c3c54)cc1. The molecule has 0 amide bonds. The van der Waals surface area contributed by atoms with Crippen LogP contribution < -0.4 is 0 Å². The predicted molar refractivity (Wildman–Crippen MR) is 153 cm³/mol. The zero-order valence-corrected chi connectivity index (χ0v) is 19.9. The molecular weight excluding hydrogens is 436 g/mol. The highest BCUT2D eigenvalue weighted by atomic mass is 16.3. The number of fused-ring (bicyclic) bond motifs is 3. The Balaban J connectivity index is 1.47. The molecule has 7 aromatic carbocycles. The Kier molecular flexibility index (Phi) is 3.93. The third-order valence-electron chi connectivity index (χ3n) is 7.72. The maximum atomic E-state index is 6.41. The Morgan fingerprint density at radius 3 is 1.86 bits per heavy atom. The Morgan fingerprint density at radius 1 is 0.444 bits per heavy atom. The number of hydrogen-bond donors (Lipinski definition) is 0. The van der Waals surface area contributed by atoms with Crippen molar-refractivity contribution in [2.75, 3.05) is 0 Å². The van der Waals surface area contributed by atoms with Crippen LogP contribution in [0.2, 0.25) is 0 Å². The second-order valence-corrected chi connectivity index (χ2v) is 9.80. The summed E-state index contributed by atoms with van der Waals surface area (Å²) >= 11 is 0. The third kappa shape index (κ3) is 2.66. The maximum Gasteiger partial charge on any atom is 0.143 e. The average Bonchev–Trinajstić information content (AvgIpc) is 3.31. The second kappa shape index (κ2) is 7.19. The first-order valence-corrected chi connectivity index (χ1v) is 12.4. The predicted octanol–water partition coefficient (Wildman–Crippen LogP) is 10.1. The van der Waals surface area contributed by atoms with Crippen LogP contribution in [0.3, 0.4) is 0 Å². The van der Waals surface area contributed by atoms with E-state index in [2.05, 4.69) is 116 Å². The van der Waals surface area contributed by atoms with Gasteiger partial charge >= 0.3 is 0 Å². The van der Waals surface area contributed by atoms with Gasteiger partial charge in [-0.25, -0.2) is 0 Å². The molecule has 0 aliphatic rings. The topological polar surface area (TPSA) is 13.1 Å². The molecule has 1 heteroatoms. The van der Waals surface area contributed by atoms with Crippen molar-refractivity contribution in [1.29, 1.82) is 0 Å². The van der Waals surface area contributed by atoms with Crippen LogP contribution in [0.5, 0.6) is 0 Å². The van der Waals surface area contributed by atoms with E-state index in [0.29, 0.717) is 0 Å². The molecule has 8 rings (SSSR count). The van der Waals surface area contributed by atoms with Crippen molar-refractivity contribution in [3.05, 3.63) is 121 Å². The second-order valence-electron chi connectivity index (χ2n) is 9.80. The molecule has 8 aromatic rings.